The van der Waals surface area contributed by atoms with Gasteiger partial charge in [0.1, 0.15) is 6.04 Å². The van der Waals surface area contributed by atoms with Crippen molar-refractivity contribution < 1.29 is 9.53 Å². The van der Waals surface area contributed by atoms with Crippen LogP contribution in [0.3, 0.4) is 0 Å². The third kappa shape index (κ3) is 2.22. The summed E-state index contributed by atoms with van der Waals surface area (Å²) in [5, 5.41) is 5.33. The molecule has 1 fully saturated rings. The van der Waals surface area contributed by atoms with Crippen molar-refractivity contribution in [1.29, 1.82) is 0 Å². The number of nitrogens with one attached hydrogen (secondary N) is 1. The third-order valence-corrected chi connectivity index (χ3v) is 4.36. The molecule has 1 amide bonds. The summed E-state index contributed by atoms with van der Waals surface area (Å²) >= 11 is 1.80. The van der Waals surface area contributed by atoms with Gasteiger partial charge in [0.2, 0.25) is 5.91 Å². The molecule has 17 heavy (non-hydrogen) atoms. The maximum Gasteiger partial charge on any atom is 0.242 e. The van der Waals surface area contributed by atoms with Gasteiger partial charge in [0.25, 0.3) is 0 Å². The highest BCUT2D eigenvalue weighted by atomic mass is 32.1. The monoisotopic (exact) mass is 252 g/mol. The zero-order valence-electron chi connectivity index (χ0n) is 9.65. The maximum absolute atomic E-state index is 12.3. The van der Waals surface area contributed by atoms with E-state index in [0.29, 0.717) is 13.2 Å². The van der Waals surface area contributed by atoms with E-state index < -0.39 is 0 Å². The number of rotatable bonds is 1. The molecular weight excluding hydrogens is 236 g/mol. The summed E-state index contributed by atoms with van der Waals surface area (Å²) in [4.78, 5) is 15.6. The van der Waals surface area contributed by atoms with Crippen molar-refractivity contribution in [2.24, 2.45) is 0 Å². The summed E-state index contributed by atoms with van der Waals surface area (Å²) in [5.41, 5.74) is 1.31. The van der Waals surface area contributed by atoms with Crippen molar-refractivity contribution >= 4 is 17.2 Å². The average Bonchev–Trinajstić information content (AvgIpc) is 2.86. The normalized spacial score (nSPS) is 24.5. The van der Waals surface area contributed by atoms with E-state index in [1.165, 1.54) is 10.4 Å². The van der Waals surface area contributed by atoms with Crippen LogP contribution in [-0.4, -0.2) is 43.2 Å². The molecule has 2 aliphatic rings. The van der Waals surface area contributed by atoms with Crippen LogP contribution < -0.4 is 5.32 Å². The van der Waals surface area contributed by atoms with Crippen molar-refractivity contribution in [2.45, 2.75) is 19.0 Å². The van der Waals surface area contributed by atoms with E-state index in [-0.39, 0.29) is 11.9 Å². The summed E-state index contributed by atoms with van der Waals surface area (Å²) < 4.78 is 5.34. The van der Waals surface area contributed by atoms with Crippen molar-refractivity contribution in [3.63, 3.8) is 0 Å². The molecule has 1 atom stereocenters. The molecule has 0 aromatic carbocycles. The Kier molecular flexibility index (Phi) is 3.13. The minimum Gasteiger partial charge on any atom is -0.378 e. The minimum atomic E-state index is -0.149. The number of amides is 1. The average molecular weight is 252 g/mol. The molecule has 92 valence electrons. The molecule has 0 saturated carbocycles. The Hall–Kier alpha value is -0.910. The van der Waals surface area contributed by atoms with Gasteiger partial charge in [-0.05, 0) is 23.4 Å². The second-order valence-electron chi connectivity index (χ2n) is 4.46. The lowest BCUT2D eigenvalue weighted by atomic mass is 10.1. The molecule has 3 rings (SSSR count). The fraction of sp³-hybridized carbons (Fsp3) is 0.583. The quantitative estimate of drug-likeness (QED) is 0.797. The van der Waals surface area contributed by atoms with Crippen LogP contribution in [0.4, 0.5) is 0 Å². The fourth-order valence-corrected chi connectivity index (χ4v) is 3.27. The molecule has 1 aromatic heterocycles. The number of ether oxygens (including phenoxy) is 1. The Balaban J connectivity index is 1.67. The third-order valence-electron chi connectivity index (χ3n) is 3.34. The highest BCUT2D eigenvalue weighted by Gasteiger charge is 2.28. The first kappa shape index (κ1) is 11.2. The highest BCUT2D eigenvalue weighted by Crippen LogP contribution is 2.24. The van der Waals surface area contributed by atoms with Gasteiger partial charge in [0, 0.05) is 24.5 Å². The highest BCUT2D eigenvalue weighted by molar-refractivity contribution is 7.10. The van der Waals surface area contributed by atoms with Gasteiger partial charge in [-0.15, -0.1) is 11.3 Å². The Morgan fingerprint density at radius 3 is 3.35 bits per heavy atom. The minimum absolute atomic E-state index is 0.149. The Labute approximate surface area is 105 Å². The molecule has 1 saturated heterocycles. The molecule has 0 radical (unpaired) electrons. The van der Waals surface area contributed by atoms with Crippen LogP contribution in [0.2, 0.25) is 0 Å². The lowest BCUT2D eigenvalue weighted by Crippen LogP contribution is -2.53. The number of fused-ring (bicyclic) bond motifs is 1. The van der Waals surface area contributed by atoms with Gasteiger partial charge in [0.15, 0.2) is 0 Å². The van der Waals surface area contributed by atoms with E-state index >= 15 is 0 Å². The zero-order valence-corrected chi connectivity index (χ0v) is 10.5. The van der Waals surface area contributed by atoms with Crippen LogP contribution in [0, 0.1) is 0 Å². The van der Waals surface area contributed by atoms with Crippen LogP contribution in [0.15, 0.2) is 11.4 Å². The lowest BCUT2D eigenvalue weighted by molar-refractivity contribution is -0.137. The molecule has 5 heteroatoms. The van der Waals surface area contributed by atoms with E-state index in [2.05, 4.69) is 16.8 Å². The fourth-order valence-electron chi connectivity index (χ4n) is 2.38. The SMILES string of the molecule is O=C(C1COCCN1)N1CCc2sccc2C1. The number of hydrogen-bond donors (Lipinski definition) is 1. The molecule has 1 unspecified atom stereocenters. The predicted molar refractivity (Wildman–Crippen MR) is 66.0 cm³/mol. The first-order valence-corrected chi connectivity index (χ1v) is 6.88. The topological polar surface area (TPSA) is 41.6 Å². The molecule has 1 aromatic rings. The maximum atomic E-state index is 12.3. The summed E-state index contributed by atoms with van der Waals surface area (Å²) in [6.45, 7) is 3.58. The standard InChI is InChI=1S/C12H16N2O2S/c15-12(10-8-16-5-3-13-10)14-4-1-11-9(7-14)2-6-17-11/h2,6,10,13H,1,3-5,7-8H2. The van der Waals surface area contributed by atoms with Gasteiger partial charge in [-0.3, -0.25) is 4.79 Å². The van der Waals surface area contributed by atoms with Crippen LogP contribution in [0.1, 0.15) is 10.4 Å². The number of hydrogen-bond acceptors (Lipinski definition) is 4. The van der Waals surface area contributed by atoms with Crippen molar-refractivity contribution in [3.8, 4) is 0 Å². The molecule has 0 aliphatic carbocycles. The Morgan fingerprint density at radius 2 is 2.53 bits per heavy atom. The van der Waals surface area contributed by atoms with Crippen LogP contribution in [0.25, 0.3) is 0 Å². The van der Waals surface area contributed by atoms with Crippen molar-refractivity contribution in [1.82, 2.24) is 10.2 Å². The van der Waals surface area contributed by atoms with Crippen LogP contribution >= 0.6 is 11.3 Å². The first-order chi connectivity index (χ1) is 8.34. The summed E-state index contributed by atoms with van der Waals surface area (Å²) in [7, 11) is 0. The summed E-state index contributed by atoms with van der Waals surface area (Å²) in [5.74, 6) is 0.182. The number of nitrogens with zero attached hydrogens (tertiary/aromatic N) is 1. The van der Waals surface area contributed by atoms with E-state index in [1.54, 1.807) is 11.3 Å². The van der Waals surface area contributed by atoms with E-state index in [1.807, 2.05) is 4.90 Å². The van der Waals surface area contributed by atoms with Gasteiger partial charge >= 0.3 is 0 Å². The van der Waals surface area contributed by atoms with Crippen molar-refractivity contribution in [3.05, 3.63) is 21.9 Å². The number of thiophene rings is 1. The molecular formula is C12H16N2O2S. The Morgan fingerprint density at radius 1 is 1.59 bits per heavy atom. The van der Waals surface area contributed by atoms with Gasteiger partial charge in [-0.25, -0.2) is 0 Å². The largest absolute Gasteiger partial charge is 0.378 e. The molecule has 1 N–H and O–H groups in total. The summed E-state index contributed by atoms with van der Waals surface area (Å²) in [6, 6.07) is 1.98. The molecule has 2 aliphatic heterocycles. The van der Waals surface area contributed by atoms with Crippen LogP contribution in [0.5, 0.6) is 0 Å². The molecule has 3 heterocycles. The van der Waals surface area contributed by atoms with E-state index in [4.69, 9.17) is 4.74 Å². The van der Waals surface area contributed by atoms with Gasteiger partial charge < -0.3 is 15.0 Å². The van der Waals surface area contributed by atoms with E-state index in [0.717, 1.165) is 26.1 Å². The lowest BCUT2D eigenvalue weighted by Gasteiger charge is -2.32. The number of morpholine rings is 1. The zero-order chi connectivity index (χ0) is 11.7. The van der Waals surface area contributed by atoms with Gasteiger partial charge in [-0.2, -0.15) is 0 Å². The molecule has 0 spiro atoms. The van der Waals surface area contributed by atoms with Crippen molar-refractivity contribution in [2.75, 3.05) is 26.3 Å². The number of carbonyl (C=O) groups is 1. The van der Waals surface area contributed by atoms with E-state index in [9.17, 15) is 4.79 Å². The first-order valence-electron chi connectivity index (χ1n) is 6.00. The molecule has 0 bridgehead atoms. The Bertz CT molecular complexity index is 412. The van der Waals surface area contributed by atoms with Gasteiger partial charge in [-0.1, -0.05) is 0 Å². The second-order valence-corrected chi connectivity index (χ2v) is 5.46. The molecule has 4 nitrogen and oxygen atoms in total. The van der Waals surface area contributed by atoms with Crippen LogP contribution in [-0.2, 0) is 22.5 Å². The van der Waals surface area contributed by atoms with Gasteiger partial charge in [0.05, 0.1) is 13.2 Å². The smallest absolute Gasteiger partial charge is 0.242 e. The summed E-state index contributed by atoms with van der Waals surface area (Å²) in [6.07, 6.45) is 0.992. The second kappa shape index (κ2) is 4.76. The number of carbonyl (C=O) groups excluding carboxylic acids is 1. The predicted octanol–water partition coefficient (Wildman–Crippen LogP) is 0.621.